The molecule has 0 N–H and O–H groups in total. The van der Waals surface area contributed by atoms with Crippen LogP contribution in [0.3, 0.4) is 0 Å². The summed E-state index contributed by atoms with van der Waals surface area (Å²) in [6.45, 7) is 3.04. The molecule has 3 aromatic carbocycles. The van der Waals surface area contributed by atoms with E-state index in [-0.39, 0.29) is 5.91 Å². The second kappa shape index (κ2) is 8.23. The predicted octanol–water partition coefficient (Wildman–Crippen LogP) is 5.54. The smallest absolute Gasteiger partial charge is 0.260 e. The Balaban J connectivity index is 1.74. The van der Waals surface area contributed by atoms with Gasteiger partial charge < -0.3 is 4.74 Å². The Morgan fingerprint density at radius 3 is 2.43 bits per heavy atom. The molecule has 0 bridgehead atoms. The fourth-order valence-corrected chi connectivity index (χ4v) is 3.99. The van der Waals surface area contributed by atoms with Gasteiger partial charge in [0.25, 0.3) is 5.91 Å². The molecule has 0 atom stereocenters. The molecule has 0 aliphatic carbocycles. The molecule has 4 nitrogen and oxygen atoms in total. The lowest BCUT2D eigenvalue weighted by atomic mass is 10.1. The third-order valence-electron chi connectivity index (χ3n) is 4.34. The molecule has 4 aromatic rings. The van der Waals surface area contributed by atoms with E-state index >= 15 is 0 Å². The quantitative estimate of drug-likeness (QED) is 0.435. The van der Waals surface area contributed by atoms with Crippen molar-refractivity contribution in [3.63, 3.8) is 0 Å². The molecule has 1 aromatic heterocycles. The summed E-state index contributed by atoms with van der Waals surface area (Å²) >= 11 is 1.50. The van der Waals surface area contributed by atoms with Crippen LogP contribution < -0.4 is 9.64 Å². The van der Waals surface area contributed by atoms with Crippen LogP contribution in [-0.2, 0) is 6.54 Å². The van der Waals surface area contributed by atoms with E-state index < -0.39 is 0 Å². The van der Waals surface area contributed by atoms with Crippen LogP contribution in [-0.4, -0.2) is 17.5 Å². The van der Waals surface area contributed by atoms with Crippen molar-refractivity contribution in [2.45, 2.75) is 13.5 Å². The molecule has 0 radical (unpaired) electrons. The molecule has 0 spiro atoms. The first-order valence-corrected chi connectivity index (χ1v) is 10.0. The van der Waals surface area contributed by atoms with E-state index in [0.29, 0.717) is 23.8 Å². The minimum atomic E-state index is -0.0615. The van der Waals surface area contributed by atoms with E-state index in [4.69, 9.17) is 9.72 Å². The summed E-state index contributed by atoms with van der Waals surface area (Å²) in [4.78, 5) is 19.7. The maximum Gasteiger partial charge on any atom is 0.260 e. The number of aromatic nitrogens is 1. The minimum Gasteiger partial charge on any atom is -0.494 e. The number of hydrogen-bond donors (Lipinski definition) is 0. The molecule has 1 heterocycles. The van der Waals surface area contributed by atoms with Crippen LogP contribution >= 0.6 is 11.3 Å². The molecule has 0 aliphatic rings. The number of carbonyl (C=O) groups is 1. The number of rotatable bonds is 6. The van der Waals surface area contributed by atoms with Gasteiger partial charge in [0.2, 0.25) is 0 Å². The highest BCUT2D eigenvalue weighted by Crippen LogP contribution is 2.33. The Kier molecular flexibility index (Phi) is 5.35. The van der Waals surface area contributed by atoms with Gasteiger partial charge in [0, 0.05) is 5.56 Å². The molecule has 28 heavy (non-hydrogen) atoms. The Morgan fingerprint density at radius 1 is 1.00 bits per heavy atom. The molecule has 0 saturated carbocycles. The number of thiazole rings is 1. The van der Waals surface area contributed by atoms with Gasteiger partial charge in [-0.15, -0.1) is 0 Å². The first kappa shape index (κ1) is 18.2. The van der Waals surface area contributed by atoms with Gasteiger partial charge in [0.15, 0.2) is 5.13 Å². The maximum atomic E-state index is 13.3. The number of nitrogens with zero attached hydrogens (tertiary/aromatic N) is 2. The third-order valence-corrected chi connectivity index (χ3v) is 5.38. The summed E-state index contributed by atoms with van der Waals surface area (Å²) < 4.78 is 6.59. The third kappa shape index (κ3) is 3.89. The summed E-state index contributed by atoms with van der Waals surface area (Å²) in [5, 5.41) is 0.682. The van der Waals surface area contributed by atoms with Crippen molar-refractivity contribution >= 4 is 32.6 Å². The van der Waals surface area contributed by atoms with Crippen molar-refractivity contribution < 1.29 is 9.53 Å². The number of ether oxygens (including phenoxy) is 1. The molecule has 4 rings (SSSR count). The molecule has 0 fully saturated rings. The van der Waals surface area contributed by atoms with Gasteiger partial charge in [-0.25, -0.2) is 4.98 Å². The van der Waals surface area contributed by atoms with Gasteiger partial charge in [-0.1, -0.05) is 59.9 Å². The number of carbonyl (C=O) groups excluding carboxylic acids is 1. The van der Waals surface area contributed by atoms with Crippen molar-refractivity contribution in [2.24, 2.45) is 0 Å². The van der Waals surface area contributed by atoms with Crippen LogP contribution in [0.1, 0.15) is 22.8 Å². The highest BCUT2D eigenvalue weighted by molar-refractivity contribution is 7.22. The van der Waals surface area contributed by atoms with Gasteiger partial charge in [-0.2, -0.15) is 0 Å². The van der Waals surface area contributed by atoms with E-state index in [1.165, 1.54) is 11.3 Å². The molecule has 1 amide bonds. The summed E-state index contributed by atoms with van der Waals surface area (Å²) in [7, 11) is 0. The van der Waals surface area contributed by atoms with E-state index in [9.17, 15) is 4.79 Å². The van der Waals surface area contributed by atoms with Crippen LogP contribution in [0.15, 0.2) is 78.9 Å². The van der Waals surface area contributed by atoms with Crippen LogP contribution in [0.25, 0.3) is 10.2 Å². The predicted molar refractivity (Wildman–Crippen MR) is 114 cm³/mol. The second-order valence-electron chi connectivity index (χ2n) is 6.30. The van der Waals surface area contributed by atoms with Gasteiger partial charge in [-0.3, -0.25) is 9.69 Å². The largest absolute Gasteiger partial charge is 0.494 e. The summed E-state index contributed by atoms with van der Waals surface area (Å²) in [6, 6.07) is 25.1. The number of benzene rings is 3. The number of fused-ring (bicyclic) bond motifs is 1. The van der Waals surface area contributed by atoms with Crippen molar-refractivity contribution in [1.82, 2.24) is 4.98 Å². The Morgan fingerprint density at radius 2 is 1.71 bits per heavy atom. The fraction of sp³-hybridized carbons (Fsp3) is 0.130. The minimum absolute atomic E-state index is 0.0615. The Labute approximate surface area is 168 Å². The van der Waals surface area contributed by atoms with Gasteiger partial charge in [-0.05, 0) is 42.8 Å². The van der Waals surface area contributed by atoms with Crippen LogP contribution in [0.5, 0.6) is 5.75 Å². The average Bonchev–Trinajstić information content (AvgIpc) is 3.16. The molecular formula is C23H20N2O2S. The number of anilines is 1. The van der Waals surface area contributed by atoms with E-state index in [2.05, 4.69) is 0 Å². The van der Waals surface area contributed by atoms with Gasteiger partial charge >= 0.3 is 0 Å². The lowest BCUT2D eigenvalue weighted by molar-refractivity contribution is 0.0985. The van der Waals surface area contributed by atoms with Crippen LogP contribution in [0, 0.1) is 0 Å². The SMILES string of the molecule is CCOc1ccc2nc(N(Cc3ccccc3)C(=O)c3ccccc3)sc2c1. The molecule has 0 saturated heterocycles. The highest BCUT2D eigenvalue weighted by Gasteiger charge is 2.21. The monoisotopic (exact) mass is 388 g/mol. The summed E-state index contributed by atoms with van der Waals surface area (Å²) in [5.41, 5.74) is 2.57. The number of amides is 1. The lowest BCUT2D eigenvalue weighted by Crippen LogP contribution is -2.30. The second-order valence-corrected chi connectivity index (χ2v) is 7.31. The normalized spacial score (nSPS) is 10.8. The fourth-order valence-electron chi connectivity index (χ4n) is 2.99. The summed E-state index contributed by atoms with van der Waals surface area (Å²) in [5.74, 6) is 0.753. The Bertz CT molecular complexity index is 1080. The van der Waals surface area contributed by atoms with Crippen molar-refractivity contribution in [1.29, 1.82) is 0 Å². The molecule has 140 valence electrons. The molecule has 5 heteroatoms. The zero-order valence-corrected chi connectivity index (χ0v) is 16.4. The zero-order valence-electron chi connectivity index (χ0n) is 15.5. The van der Waals surface area contributed by atoms with Crippen molar-refractivity contribution in [3.05, 3.63) is 90.0 Å². The maximum absolute atomic E-state index is 13.3. The zero-order chi connectivity index (χ0) is 19.3. The van der Waals surface area contributed by atoms with E-state index in [1.807, 2.05) is 85.8 Å². The Hall–Kier alpha value is -3.18. The topological polar surface area (TPSA) is 42.4 Å². The van der Waals surface area contributed by atoms with Gasteiger partial charge in [0.05, 0.1) is 23.4 Å². The summed E-state index contributed by atoms with van der Waals surface area (Å²) in [6.07, 6.45) is 0. The van der Waals surface area contributed by atoms with Crippen molar-refractivity contribution in [3.8, 4) is 5.75 Å². The molecular weight excluding hydrogens is 368 g/mol. The molecule has 0 aliphatic heterocycles. The van der Waals surface area contributed by atoms with Crippen LogP contribution in [0.4, 0.5) is 5.13 Å². The number of hydrogen-bond acceptors (Lipinski definition) is 4. The lowest BCUT2D eigenvalue weighted by Gasteiger charge is -2.20. The molecule has 0 unspecified atom stereocenters. The van der Waals surface area contributed by atoms with Gasteiger partial charge in [0.1, 0.15) is 5.75 Å². The standard InChI is InChI=1S/C23H20N2O2S/c1-2-27-19-13-14-20-21(15-19)28-23(24-20)25(16-17-9-5-3-6-10-17)22(26)18-11-7-4-8-12-18/h3-15H,2,16H2,1H3. The van der Waals surface area contributed by atoms with Crippen LogP contribution in [0.2, 0.25) is 0 Å². The van der Waals surface area contributed by atoms with E-state index in [1.54, 1.807) is 4.90 Å². The average molecular weight is 388 g/mol. The first-order valence-electron chi connectivity index (χ1n) is 9.19. The van der Waals surface area contributed by atoms with E-state index in [0.717, 1.165) is 21.5 Å². The van der Waals surface area contributed by atoms with Crippen molar-refractivity contribution in [2.75, 3.05) is 11.5 Å². The first-order chi connectivity index (χ1) is 13.7. The highest BCUT2D eigenvalue weighted by atomic mass is 32.1.